The van der Waals surface area contributed by atoms with Gasteiger partial charge in [0.05, 0.1) is 19.1 Å². The molecule has 0 aromatic heterocycles. The summed E-state index contributed by atoms with van der Waals surface area (Å²) in [6.45, 7) is 3.79. The molecule has 2 amide bonds. The molecule has 0 heterocycles. The molecule has 22 heavy (non-hydrogen) atoms. The lowest BCUT2D eigenvalue weighted by molar-refractivity contribution is -0.142. The third-order valence-electron chi connectivity index (χ3n) is 2.59. The Bertz CT molecular complexity index is 557. The van der Waals surface area contributed by atoms with Crippen molar-refractivity contribution in [3.8, 4) is 5.75 Å². The number of rotatable bonds is 7. The summed E-state index contributed by atoms with van der Waals surface area (Å²) in [5.41, 5.74) is 4.76. The van der Waals surface area contributed by atoms with Gasteiger partial charge in [-0.2, -0.15) is 0 Å². The summed E-state index contributed by atoms with van der Waals surface area (Å²) in [6.07, 6.45) is 1.42. The number of hydrogen-bond acceptors (Lipinski definition) is 5. The van der Waals surface area contributed by atoms with Crippen LogP contribution in [0.1, 0.15) is 23.2 Å². The zero-order valence-corrected chi connectivity index (χ0v) is 12.3. The van der Waals surface area contributed by atoms with Gasteiger partial charge in [0.25, 0.3) is 5.91 Å². The number of nitrogens with one attached hydrogen (secondary N) is 2. The van der Waals surface area contributed by atoms with Gasteiger partial charge in [-0.25, -0.2) is 0 Å². The molecule has 1 aromatic carbocycles. The summed E-state index contributed by atoms with van der Waals surface area (Å²) in [6, 6.07) is 6.60. The van der Waals surface area contributed by atoms with Gasteiger partial charge < -0.3 is 9.47 Å². The average Bonchev–Trinajstić information content (AvgIpc) is 2.55. The molecule has 0 radical (unpaired) electrons. The van der Waals surface area contributed by atoms with Gasteiger partial charge in [-0.05, 0) is 12.1 Å². The van der Waals surface area contributed by atoms with E-state index in [-0.39, 0.29) is 25.0 Å². The first-order valence-electron chi connectivity index (χ1n) is 6.57. The van der Waals surface area contributed by atoms with Gasteiger partial charge in [0.15, 0.2) is 0 Å². The molecule has 0 unspecified atom stereocenters. The van der Waals surface area contributed by atoms with Crippen molar-refractivity contribution in [3.05, 3.63) is 42.5 Å². The molecule has 0 aliphatic heterocycles. The highest BCUT2D eigenvalue weighted by molar-refractivity contribution is 5.98. The Kier molecular flexibility index (Phi) is 7.18. The molecule has 1 aromatic rings. The van der Waals surface area contributed by atoms with E-state index in [1.54, 1.807) is 30.3 Å². The molecule has 2 N–H and O–H groups in total. The third-order valence-corrected chi connectivity index (χ3v) is 2.59. The average molecular weight is 306 g/mol. The van der Waals surface area contributed by atoms with Crippen molar-refractivity contribution < 1.29 is 23.9 Å². The van der Waals surface area contributed by atoms with E-state index in [1.165, 1.54) is 7.11 Å². The topological polar surface area (TPSA) is 93.7 Å². The van der Waals surface area contributed by atoms with Crippen molar-refractivity contribution in [3.63, 3.8) is 0 Å². The van der Waals surface area contributed by atoms with Crippen molar-refractivity contribution in [1.29, 1.82) is 0 Å². The number of esters is 1. The van der Waals surface area contributed by atoms with Crippen LogP contribution in [-0.2, 0) is 14.3 Å². The number of benzene rings is 1. The maximum absolute atomic E-state index is 12.0. The molecule has 0 fully saturated rings. The van der Waals surface area contributed by atoms with Gasteiger partial charge in [-0.1, -0.05) is 24.8 Å². The number of methoxy groups -OCH3 is 1. The predicted octanol–water partition coefficient (Wildman–Crippen LogP) is 0.966. The summed E-state index contributed by atoms with van der Waals surface area (Å²) in [7, 11) is 1.24. The Morgan fingerprint density at radius 1 is 1.18 bits per heavy atom. The number of amides is 2. The number of ether oxygens (including phenoxy) is 2. The van der Waals surface area contributed by atoms with E-state index in [2.05, 4.69) is 22.2 Å². The lowest BCUT2D eigenvalue weighted by Gasteiger charge is -2.11. The zero-order chi connectivity index (χ0) is 16.4. The third kappa shape index (κ3) is 5.66. The fourth-order valence-corrected chi connectivity index (χ4v) is 1.50. The first-order chi connectivity index (χ1) is 10.6. The lowest BCUT2D eigenvalue weighted by Crippen LogP contribution is -2.41. The van der Waals surface area contributed by atoms with E-state index < -0.39 is 17.8 Å². The molecule has 0 bridgehead atoms. The van der Waals surface area contributed by atoms with Crippen molar-refractivity contribution in [2.24, 2.45) is 0 Å². The summed E-state index contributed by atoms with van der Waals surface area (Å²) in [5, 5.41) is 0. The van der Waals surface area contributed by atoms with Crippen molar-refractivity contribution in [2.75, 3.05) is 13.7 Å². The highest BCUT2D eigenvalue weighted by Gasteiger charge is 2.13. The van der Waals surface area contributed by atoms with Crippen LogP contribution >= 0.6 is 0 Å². The van der Waals surface area contributed by atoms with E-state index in [0.29, 0.717) is 5.75 Å². The van der Waals surface area contributed by atoms with E-state index >= 15 is 0 Å². The quantitative estimate of drug-likeness (QED) is 0.445. The van der Waals surface area contributed by atoms with Crippen LogP contribution in [-0.4, -0.2) is 31.5 Å². The normalized spacial score (nSPS) is 9.50. The minimum absolute atomic E-state index is 0.0583. The molecule has 7 nitrogen and oxygen atoms in total. The highest BCUT2D eigenvalue weighted by Crippen LogP contribution is 2.17. The molecule has 1 rings (SSSR count). The molecular weight excluding hydrogens is 288 g/mol. The number of carbonyl (C=O) groups is 3. The SMILES string of the molecule is C=CCOc1ccccc1C(=O)NNC(=O)CCC(=O)OC. The predicted molar refractivity (Wildman–Crippen MR) is 79.0 cm³/mol. The molecule has 0 aliphatic rings. The fourth-order valence-electron chi connectivity index (χ4n) is 1.50. The first-order valence-corrected chi connectivity index (χ1v) is 6.57. The number of carbonyl (C=O) groups excluding carboxylic acids is 3. The van der Waals surface area contributed by atoms with Crippen LogP contribution in [0, 0.1) is 0 Å². The summed E-state index contributed by atoms with van der Waals surface area (Å²) < 4.78 is 9.77. The van der Waals surface area contributed by atoms with Crippen LogP contribution in [0.15, 0.2) is 36.9 Å². The Balaban J connectivity index is 2.53. The van der Waals surface area contributed by atoms with Crippen LogP contribution in [0.5, 0.6) is 5.75 Å². The molecular formula is C15H18N2O5. The van der Waals surface area contributed by atoms with Crippen LogP contribution in [0.3, 0.4) is 0 Å². The maximum Gasteiger partial charge on any atom is 0.306 e. The van der Waals surface area contributed by atoms with Crippen molar-refractivity contribution in [2.45, 2.75) is 12.8 Å². The van der Waals surface area contributed by atoms with E-state index in [4.69, 9.17) is 4.74 Å². The first kappa shape index (κ1) is 17.2. The van der Waals surface area contributed by atoms with E-state index in [0.717, 1.165) is 0 Å². The maximum atomic E-state index is 12.0. The Labute approximate surface area is 128 Å². The van der Waals surface area contributed by atoms with Gasteiger partial charge in [0.1, 0.15) is 12.4 Å². The number of hydrazine groups is 1. The smallest absolute Gasteiger partial charge is 0.306 e. The van der Waals surface area contributed by atoms with Crippen LogP contribution in [0.4, 0.5) is 0 Å². The van der Waals surface area contributed by atoms with Crippen molar-refractivity contribution >= 4 is 17.8 Å². The van der Waals surface area contributed by atoms with Gasteiger partial charge in [-0.15, -0.1) is 0 Å². The van der Waals surface area contributed by atoms with Gasteiger partial charge in [0.2, 0.25) is 5.91 Å². The zero-order valence-electron chi connectivity index (χ0n) is 12.3. The van der Waals surface area contributed by atoms with E-state index in [1.807, 2.05) is 0 Å². The second-order valence-corrected chi connectivity index (χ2v) is 4.17. The van der Waals surface area contributed by atoms with Crippen LogP contribution < -0.4 is 15.6 Å². The molecule has 0 aliphatic carbocycles. The minimum atomic E-state index is -0.522. The number of hydrogen-bond donors (Lipinski definition) is 2. The van der Waals surface area contributed by atoms with Gasteiger partial charge in [0, 0.05) is 6.42 Å². The minimum Gasteiger partial charge on any atom is -0.489 e. The van der Waals surface area contributed by atoms with Gasteiger partial charge in [-0.3, -0.25) is 25.2 Å². The monoisotopic (exact) mass is 306 g/mol. The molecule has 0 saturated heterocycles. The molecule has 0 atom stereocenters. The second-order valence-electron chi connectivity index (χ2n) is 4.17. The van der Waals surface area contributed by atoms with Crippen LogP contribution in [0.2, 0.25) is 0 Å². The largest absolute Gasteiger partial charge is 0.489 e. The molecule has 0 spiro atoms. The highest BCUT2D eigenvalue weighted by atomic mass is 16.5. The standard InChI is InChI=1S/C15H18N2O5/c1-3-10-22-12-7-5-4-6-11(12)15(20)17-16-13(18)8-9-14(19)21-2/h3-7H,1,8-10H2,2H3,(H,16,18)(H,17,20). The van der Waals surface area contributed by atoms with Crippen LogP contribution in [0.25, 0.3) is 0 Å². The van der Waals surface area contributed by atoms with Gasteiger partial charge >= 0.3 is 5.97 Å². The van der Waals surface area contributed by atoms with E-state index in [9.17, 15) is 14.4 Å². The molecule has 118 valence electrons. The number of para-hydroxylation sites is 1. The fraction of sp³-hybridized carbons (Fsp3) is 0.267. The molecule has 7 heteroatoms. The Hall–Kier alpha value is -2.83. The summed E-state index contributed by atoms with van der Waals surface area (Å²) >= 11 is 0. The lowest BCUT2D eigenvalue weighted by atomic mass is 10.2. The van der Waals surface area contributed by atoms with Crippen molar-refractivity contribution in [1.82, 2.24) is 10.9 Å². The molecule has 0 saturated carbocycles. The summed E-state index contributed by atoms with van der Waals surface area (Å²) in [5.74, 6) is -1.14. The Morgan fingerprint density at radius 2 is 1.91 bits per heavy atom. The Morgan fingerprint density at radius 3 is 2.59 bits per heavy atom. The second kappa shape index (κ2) is 9.17. The summed E-state index contributed by atoms with van der Waals surface area (Å²) in [4.78, 5) is 34.4.